The van der Waals surface area contributed by atoms with Crippen molar-refractivity contribution in [2.75, 3.05) is 6.61 Å². The molecule has 0 aliphatic rings. The second kappa shape index (κ2) is 9.87. The molecular formula is C24H18ClF4NO2. The summed E-state index contributed by atoms with van der Waals surface area (Å²) in [6.45, 7) is 4.79. The van der Waals surface area contributed by atoms with Gasteiger partial charge in [0, 0.05) is 28.3 Å². The Bertz CT molecular complexity index is 1150. The van der Waals surface area contributed by atoms with Crippen LogP contribution < -0.4 is 4.74 Å². The van der Waals surface area contributed by atoms with Gasteiger partial charge in [-0.2, -0.15) is 8.78 Å². The third-order valence-electron chi connectivity index (χ3n) is 4.78. The number of benzene rings is 3. The van der Waals surface area contributed by atoms with Crippen LogP contribution in [0.15, 0.2) is 60.1 Å². The number of phenolic OH excluding ortho intramolecular Hbond substituents is 1. The van der Waals surface area contributed by atoms with E-state index < -0.39 is 34.7 Å². The maximum absolute atomic E-state index is 14.4. The predicted molar refractivity (Wildman–Crippen MR) is 116 cm³/mol. The molecule has 8 heteroatoms. The molecule has 3 nitrogen and oxygen atoms in total. The predicted octanol–water partition coefficient (Wildman–Crippen LogP) is 7.07. The van der Waals surface area contributed by atoms with Crippen LogP contribution in [0.3, 0.4) is 0 Å². The Kier molecular flexibility index (Phi) is 7.20. The molecule has 0 aromatic heterocycles. The Balaban J connectivity index is 2.04. The van der Waals surface area contributed by atoms with Crippen molar-refractivity contribution in [1.82, 2.24) is 0 Å². The molecule has 3 rings (SSSR count). The molecule has 0 heterocycles. The van der Waals surface area contributed by atoms with E-state index in [9.17, 15) is 22.7 Å². The molecule has 1 N–H and O–H groups in total. The van der Waals surface area contributed by atoms with E-state index in [1.54, 1.807) is 6.07 Å². The third-order valence-corrected chi connectivity index (χ3v) is 5.00. The van der Waals surface area contributed by atoms with Crippen molar-refractivity contribution in [1.29, 1.82) is 0 Å². The number of ether oxygens (including phenoxy) is 1. The molecule has 0 amide bonds. The van der Waals surface area contributed by atoms with Gasteiger partial charge in [0.2, 0.25) is 11.6 Å². The zero-order valence-electron chi connectivity index (χ0n) is 16.9. The van der Waals surface area contributed by atoms with Crippen molar-refractivity contribution in [3.63, 3.8) is 0 Å². The smallest absolute Gasteiger partial charge is 0.206 e. The maximum Gasteiger partial charge on any atom is 0.206 e. The summed E-state index contributed by atoms with van der Waals surface area (Å²) in [4.78, 5) is 3.54. The molecule has 3 aromatic rings. The first-order valence-corrected chi connectivity index (χ1v) is 9.85. The molecule has 0 saturated heterocycles. The number of aromatic hydroxyl groups is 1. The van der Waals surface area contributed by atoms with Crippen molar-refractivity contribution in [2.45, 2.75) is 12.8 Å². The molecule has 0 bridgehead atoms. The SMILES string of the molecule is C=CCOc1c(F)c(F)c(N=Cc2cc(Cl)cc(C(C)c3ccccc3)c2O)c(F)c1F. The summed E-state index contributed by atoms with van der Waals surface area (Å²) >= 11 is 6.15. The zero-order valence-corrected chi connectivity index (χ0v) is 17.6. The van der Waals surface area contributed by atoms with Gasteiger partial charge in [0.15, 0.2) is 17.4 Å². The number of nitrogens with zero attached hydrogens (tertiary/aromatic N) is 1. The molecule has 3 aromatic carbocycles. The Labute approximate surface area is 187 Å². The van der Waals surface area contributed by atoms with Crippen molar-refractivity contribution >= 4 is 23.5 Å². The highest BCUT2D eigenvalue weighted by Gasteiger charge is 2.26. The molecule has 0 aliphatic heterocycles. The molecule has 166 valence electrons. The van der Waals surface area contributed by atoms with Gasteiger partial charge in [-0.15, -0.1) is 0 Å². The summed E-state index contributed by atoms with van der Waals surface area (Å²) in [5, 5.41) is 10.9. The fourth-order valence-corrected chi connectivity index (χ4v) is 3.34. The number of hydrogen-bond donors (Lipinski definition) is 1. The lowest BCUT2D eigenvalue weighted by molar-refractivity contribution is 0.303. The van der Waals surface area contributed by atoms with E-state index in [1.807, 2.05) is 37.3 Å². The van der Waals surface area contributed by atoms with E-state index in [0.29, 0.717) is 5.56 Å². The van der Waals surface area contributed by atoms with Crippen LogP contribution in [0, 0.1) is 23.3 Å². The van der Waals surface area contributed by atoms with Crippen LogP contribution in [-0.4, -0.2) is 17.9 Å². The van der Waals surface area contributed by atoms with Crippen molar-refractivity contribution in [3.05, 3.63) is 100 Å². The van der Waals surface area contributed by atoms with E-state index in [-0.39, 0.29) is 28.9 Å². The lowest BCUT2D eigenvalue weighted by atomic mass is 9.91. The summed E-state index contributed by atoms with van der Waals surface area (Å²) in [6, 6.07) is 12.1. The Morgan fingerprint density at radius 2 is 1.69 bits per heavy atom. The summed E-state index contributed by atoms with van der Waals surface area (Å²) in [7, 11) is 0. The highest BCUT2D eigenvalue weighted by Crippen LogP contribution is 2.37. The van der Waals surface area contributed by atoms with Gasteiger partial charge in [-0.3, -0.25) is 0 Å². The molecular weight excluding hydrogens is 446 g/mol. The highest BCUT2D eigenvalue weighted by atomic mass is 35.5. The van der Waals surface area contributed by atoms with Crippen LogP contribution in [0.1, 0.15) is 29.5 Å². The van der Waals surface area contributed by atoms with E-state index in [0.717, 1.165) is 17.9 Å². The van der Waals surface area contributed by atoms with Gasteiger partial charge in [0.1, 0.15) is 18.0 Å². The van der Waals surface area contributed by atoms with Gasteiger partial charge in [-0.1, -0.05) is 61.5 Å². The minimum Gasteiger partial charge on any atom is -0.507 e. The van der Waals surface area contributed by atoms with Gasteiger partial charge < -0.3 is 9.84 Å². The second-order valence-corrected chi connectivity index (χ2v) is 7.29. The number of phenols is 1. The van der Waals surface area contributed by atoms with Gasteiger partial charge >= 0.3 is 0 Å². The minimum absolute atomic E-state index is 0.0156. The van der Waals surface area contributed by atoms with Crippen LogP contribution in [0.25, 0.3) is 0 Å². The summed E-state index contributed by atoms with van der Waals surface area (Å²) in [6.07, 6.45) is 2.05. The first kappa shape index (κ1) is 23.3. The van der Waals surface area contributed by atoms with E-state index in [2.05, 4.69) is 16.3 Å². The quantitative estimate of drug-likeness (QED) is 0.176. The normalized spacial score (nSPS) is 12.2. The second-order valence-electron chi connectivity index (χ2n) is 6.86. The molecule has 0 radical (unpaired) electrons. The molecule has 0 fully saturated rings. The monoisotopic (exact) mass is 463 g/mol. The number of hydrogen-bond acceptors (Lipinski definition) is 3. The first-order valence-electron chi connectivity index (χ1n) is 9.47. The molecule has 0 saturated carbocycles. The zero-order chi connectivity index (χ0) is 23.4. The molecule has 0 spiro atoms. The standard InChI is InChI=1S/C24H18ClF4NO2/c1-3-9-32-24-20(28)18(26)22(19(27)21(24)29)30-12-15-10-16(25)11-17(23(15)31)13(2)14-7-5-4-6-8-14/h3-8,10-13,31H,1,9H2,2H3. The number of rotatable bonds is 7. The lowest BCUT2D eigenvalue weighted by Crippen LogP contribution is -2.04. The Morgan fingerprint density at radius 1 is 1.06 bits per heavy atom. The van der Waals surface area contributed by atoms with Crippen molar-refractivity contribution < 1.29 is 27.4 Å². The van der Waals surface area contributed by atoms with Gasteiger partial charge in [0.05, 0.1) is 0 Å². The van der Waals surface area contributed by atoms with Crippen LogP contribution in [0.4, 0.5) is 23.2 Å². The van der Waals surface area contributed by atoms with Crippen LogP contribution in [-0.2, 0) is 0 Å². The van der Waals surface area contributed by atoms with E-state index in [1.165, 1.54) is 6.07 Å². The summed E-state index contributed by atoms with van der Waals surface area (Å²) in [5.74, 6) is -8.65. The Morgan fingerprint density at radius 3 is 2.28 bits per heavy atom. The number of halogens is 5. The van der Waals surface area contributed by atoms with Gasteiger partial charge in [-0.25, -0.2) is 13.8 Å². The molecule has 0 aliphatic carbocycles. The van der Waals surface area contributed by atoms with Crippen LogP contribution in [0.5, 0.6) is 11.5 Å². The average Bonchev–Trinajstić information content (AvgIpc) is 2.79. The molecule has 32 heavy (non-hydrogen) atoms. The topological polar surface area (TPSA) is 41.8 Å². The van der Waals surface area contributed by atoms with Gasteiger partial charge in [-0.05, 0) is 17.7 Å². The molecule has 1 unspecified atom stereocenters. The fourth-order valence-electron chi connectivity index (χ4n) is 3.11. The third kappa shape index (κ3) is 4.62. The van der Waals surface area contributed by atoms with Crippen molar-refractivity contribution in [3.8, 4) is 11.5 Å². The Hall–Kier alpha value is -3.32. The highest BCUT2D eigenvalue weighted by molar-refractivity contribution is 6.31. The van der Waals surface area contributed by atoms with E-state index >= 15 is 0 Å². The van der Waals surface area contributed by atoms with Crippen LogP contribution in [0.2, 0.25) is 5.02 Å². The summed E-state index contributed by atoms with van der Waals surface area (Å²) < 4.78 is 61.7. The fraction of sp³-hybridized carbons (Fsp3) is 0.125. The van der Waals surface area contributed by atoms with Crippen molar-refractivity contribution in [2.24, 2.45) is 4.99 Å². The summed E-state index contributed by atoms with van der Waals surface area (Å²) in [5.41, 5.74) is 0.144. The minimum atomic E-state index is -1.74. The lowest BCUT2D eigenvalue weighted by Gasteiger charge is -2.16. The van der Waals surface area contributed by atoms with Gasteiger partial charge in [0.25, 0.3) is 0 Å². The largest absolute Gasteiger partial charge is 0.507 e. The molecule has 1 atom stereocenters. The average molecular weight is 464 g/mol. The van der Waals surface area contributed by atoms with E-state index in [4.69, 9.17) is 11.6 Å². The first-order chi connectivity index (χ1) is 15.3. The van der Waals surface area contributed by atoms with Crippen LogP contribution >= 0.6 is 11.6 Å². The maximum atomic E-state index is 14.4. The number of aliphatic imine (C=N–C) groups is 1.